The number of aromatic nitrogens is 1. The Morgan fingerprint density at radius 3 is 2.69 bits per heavy atom. The van der Waals surface area contributed by atoms with Crippen molar-refractivity contribution in [3.8, 4) is 6.07 Å². The first kappa shape index (κ1) is 10.3. The SMILES string of the molecule is CCCn1c(C#N)cc(Br)c1CC. The van der Waals surface area contributed by atoms with Crippen molar-refractivity contribution in [2.45, 2.75) is 33.2 Å². The van der Waals surface area contributed by atoms with Crippen LogP contribution in [0.5, 0.6) is 0 Å². The molecule has 0 unspecified atom stereocenters. The van der Waals surface area contributed by atoms with E-state index in [9.17, 15) is 0 Å². The van der Waals surface area contributed by atoms with Crippen LogP contribution in [0, 0.1) is 11.3 Å². The normalized spacial score (nSPS) is 10.0. The van der Waals surface area contributed by atoms with Crippen molar-refractivity contribution in [1.29, 1.82) is 5.26 Å². The van der Waals surface area contributed by atoms with Crippen LogP contribution in [0.3, 0.4) is 0 Å². The standard InChI is InChI=1S/C10H13BrN2/c1-3-5-13-8(7-12)6-9(11)10(13)4-2/h6H,3-5H2,1-2H3. The van der Waals surface area contributed by atoms with Crippen molar-refractivity contribution >= 4 is 15.9 Å². The van der Waals surface area contributed by atoms with E-state index in [2.05, 4.69) is 40.4 Å². The van der Waals surface area contributed by atoms with E-state index in [1.807, 2.05) is 6.07 Å². The molecule has 0 aliphatic carbocycles. The molecule has 0 saturated heterocycles. The zero-order valence-corrected chi connectivity index (χ0v) is 9.56. The lowest BCUT2D eigenvalue weighted by molar-refractivity contribution is 0.645. The van der Waals surface area contributed by atoms with Crippen LogP contribution >= 0.6 is 15.9 Å². The fourth-order valence-corrected chi connectivity index (χ4v) is 2.20. The molecule has 1 rings (SSSR count). The summed E-state index contributed by atoms with van der Waals surface area (Å²) >= 11 is 3.47. The molecule has 13 heavy (non-hydrogen) atoms. The highest BCUT2D eigenvalue weighted by atomic mass is 79.9. The first-order valence-corrected chi connectivity index (χ1v) is 5.31. The molecule has 0 amide bonds. The molecule has 0 aliphatic rings. The minimum atomic E-state index is 0.755. The molecule has 0 bridgehead atoms. The largest absolute Gasteiger partial charge is 0.335 e. The fraction of sp³-hybridized carbons (Fsp3) is 0.500. The van der Waals surface area contributed by atoms with Crippen LogP contribution < -0.4 is 0 Å². The number of nitriles is 1. The van der Waals surface area contributed by atoms with Crippen molar-refractivity contribution in [2.75, 3.05) is 0 Å². The summed E-state index contributed by atoms with van der Waals surface area (Å²) in [6.07, 6.45) is 2.02. The van der Waals surface area contributed by atoms with Crippen LogP contribution in [0.4, 0.5) is 0 Å². The third kappa shape index (κ3) is 1.94. The van der Waals surface area contributed by atoms with E-state index in [-0.39, 0.29) is 0 Å². The van der Waals surface area contributed by atoms with E-state index in [1.165, 1.54) is 5.69 Å². The topological polar surface area (TPSA) is 28.7 Å². The lowest BCUT2D eigenvalue weighted by Crippen LogP contribution is -2.03. The lowest BCUT2D eigenvalue weighted by Gasteiger charge is -2.07. The summed E-state index contributed by atoms with van der Waals surface area (Å²) in [7, 11) is 0. The van der Waals surface area contributed by atoms with Gasteiger partial charge in [0.1, 0.15) is 11.8 Å². The molecule has 1 aromatic rings. The highest BCUT2D eigenvalue weighted by Gasteiger charge is 2.10. The molecule has 0 atom stereocenters. The van der Waals surface area contributed by atoms with Crippen molar-refractivity contribution < 1.29 is 0 Å². The van der Waals surface area contributed by atoms with Gasteiger partial charge in [0.25, 0.3) is 0 Å². The Morgan fingerprint density at radius 1 is 1.54 bits per heavy atom. The summed E-state index contributed by atoms with van der Waals surface area (Å²) < 4.78 is 3.14. The van der Waals surface area contributed by atoms with Crippen molar-refractivity contribution in [2.24, 2.45) is 0 Å². The average Bonchev–Trinajstić information content (AvgIpc) is 2.43. The van der Waals surface area contributed by atoms with Crippen LogP contribution in [0.15, 0.2) is 10.5 Å². The van der Waals surface area contributed by atoms with E-state index in [1.54, 1.807) is 0 Å². The molecule has 0 fully saturated rings. The zero-order valence-electron chi connectivity index (χ0n) is 7.97. The van der Waals surface area contributed by atoms with Gasteiger partial charge in [0.2, 0.25) is 0 Å². The number of nitrogens with zero attached hydrogens (tertiary/aromatic N) is 2. The summed E-state index contributed by atoms with van der Waals surface area (Å²) in [6.45, 7) is 5.15. The van der Waals surface area contributed by atoms with Gasteiger partial charge in [0.15, 0.2) is 0 Å². The Morgan fingerprint density at radius 2 is 2.23 bits per heavy atom. The molecule has 1 heterocycles. The van der Waals surface area contributed by atoms with E-state index < -0.39 is 0 Å². The summed E-state index contributed by atoms with van der Waals surface area (Å²) in [5.41, 5.74) is 1.98. The van der Waals surface area contributed by atoms with Crippen LogP contribution in [0.25, 0.3) is 0 Å². The third-order valence-electron chi connectivity index (χ3n) is 2.05. The smallest absolute Gasteiger partial charge is 0.121 e. The summed E-state index contributed by atoms with van der Waals surface area (Å²) in [4.78, 5) is 0. The Kier molecular flexibility index (Phi) is 3.56. The second-order valence-corrected chi connectivity index (χ2v) is 3.80. The quantitative estimate of drug-likeness (QED) is 0.799. The van der Waals surface area contributed by atoms with Gasteiger partial charge in [0, 0.05) is 16.7 Å². The maximum atomic E-state index is 8.89. The van der Waals surface area contributed by atoms with Gasteiger partial charge in [-0.25, -0.2) is 0 Å². The predicted molar refractivity (Wildman–Crippen MR) is 56.5 cm³/mol. The molecule has 0 aromatic carbocycles. The van der Waals surface area contributed by atoms with Crippen molar-refractivity contribution in [1.82, 2.24) is 4.57 Å². The summed E-state index contributed by atoms with van der Waals surface area (Å²) in [5, 5.41) is 8.89. The van der Waals surface area contributed by atoms with E-state index in [0.29, 0.717) is 0 Å². The van der Waals surface area contributed by atoms with Crippen LogP contribution in [-0.4, -0.2) is 4.57 Å². The average molecular weight is 241 g/mol. The van der Waals surface area contributed by atoms with Gasteiger partial charge >= 0.3 is 0 Å². The maximum Gasteiger partial charge on any atom is 0.121 e. The minimum absolute atomic E-state index is 0.755. The molecule has 70 valence electrons. The second-order valence-electron chi connectivity index (χ2n) is 2.94. The monoisotopic (exact) mass is 240 g/mol. The van der Waals surface area contributed by atoms with E-state index >= 15 is 0 Å². The second kappa shape index (κ2) is 4.48. The van der Waals surface area contributed by atoms with Gasteiger partial charge in [-0.3, -0.25) is 0 Å². The molecule has 2 nitrogen and oxygen atoms in total. The zero-order chi connectivity index (χ0) is 9.84. The third-order valence-corrected chi connectivity index (χ3v) is 2.74. The highest BCUT2D eigenvalue weighted by molar-refractivity contribution is 9.10. The molecule has 0 saturated carbocycles. The first-order chi connectivity index (χ1) is 6.24. The predicted octanol–water partition coefficient (Wildman–Crippen LogP) is 3.09. The number of rotatable bonds is 3. The summed E-state index contributed by atoms with van der Waals surface area (Å²) in [6, 6.07) is 4.11. The molecule has 1 aromatic heterocycles. The van der Waals surface area contributed by atoms with E-state index in [0.717, 1.165) is 29.6 Å². The Labute approximate surface area is 87.3 Å². The van der Waals surface area contributed by atoms with E-state index in [4.69, 9.17) is 5.26 Å². The van der Waals surface area contributed by atoms with Gasteiger partial charge in [-0.05, 0) is 34.8 Å². The van der Waals surface area contributed by atoms with Crippen LogP contribution in [-0.2, 0) is 13.0 Å². The van der Waals surface area contributed by atoms with Crippen molar-refractivity contribution in [3.05, 3.63) is 21.9 Å². The van der Waals surface area contributed by atoms with Crippen LogP contribution in [0.1, 0.15) is 31.7 Å². The fourth-order valence-electron chi connectivity index (χ4n) is 1.49. The summed E-state index contributed by atoms with van der Waals surface area (Å²) in [5.74, 6) is 0. The molecular formula is C10H13BrN2. The van der Waals surface area contributed by atoms with Gasteiger partial charge in [-0.1, -0.05) is 13.8 Å². The first-order valence-electron chi connectivity index (χ1n) is 4.52. The molecule has 0 aliphatic heterocycles. The number of hydrogen-bond donors (Lipinski definition) is 0. The molecule has 0 spiro atoms. The van der Waals surface area contributed by atoms with Gasteiger partial charge < -0.3 is 4.57 Å². The Balaban J connectivity index is 3.17. The minimum Gasteiger partial charge on any atom is -0.335 e. The number of halogens is 1. The van der Waals surface area contributed by atoms with Gasteiger partial charge in [0.05, 0.1) is 0 Å². The molecular weight excluding hydrogens is 228 g/mol. The maximum absolute atomic E-state index is 8.89. The molecule has 0 radical (unpaired) electrons. The van der Waals surface area contributed by atoms with Gasteiger partial charge in [-0.15, -0.1) is 0 Å². The van der Waals surface area contributed by atoms with Gasteiger partial charge in [-0.2, -0.15) is 5.26 Å². The van der Waals surface area contributed by atoms with Crippen LogP contribution in [0.2, 0.25) is 0 Å². The number of hydrogen-bond acceptors (Lipinski definition) is 1. The lowest BCUT2D eigenvalue weighted by atomic mass is 10.3. The Hall–Kier alpha value is -0.750. The molecule has 0 N–H and O–H groups in total. The Bertz CT molecular complexity index is 333. The van der Waals surface area contributed by atoms with Crippen molar-refractivity contribution in [3.63, 3.8) is 0 Å². The molecule has 3 heteroatoms. The highest BCUT2D eigenvalue weighted by Crippen LogP contribution is 2.22.